The van der Waals surface area contributed by atoms with Gasteiger partial charge in [0.2, 0.25) is 0 Å². The lowest BCUT2D eigenvalue weighted by Gasteiger charge is -2.14. The van der Waals surface area contributed by atoms with Gasteiger partial charge in [0.1, 0.15) is 5.76 Å². The van der Waals surface area contributed by atoms with Gasteiger partial charge < -0.3 is 9.73 Å². The minimum absolute atomic E-state index is 0.176. The van der Waals surface area contributed by atoms with Gasteiger partial charge in [0.15, 0.2) is 11.4 Å². The summed E-state index contributed by atoms with van der Waals surface area (Å²) in [4.78, 5) is 0. The van der Waals surface area contributed by atoms with E-state index < -0.39 is 0 Å². The molecule has 0 aliphatic heterocycles. The van der Waals surface area contributed by atoms with Crippen molar-refractivity contribution in [1.29, 1.82) is 0 Å². The Morgan fingerprint density at radius 2 is 2.05 bits per heavy atom. The molecule has 1 atom stereocenters. The van der Waals surface area contributed by atoms with Crippen LogP contribution in [-0.4, -0.2) is 7.05 Å². The van der Waals surface area contributed by atoms with Crippen LogP contribution in [0.4, 0.5) is 4.39 Å². The normalized spacial score (nSPS) is 12.8. The van der Waals surface area contributed by atoms with E-state index in [1.54, 1.807) is 6.07 Å². The van der Waals surface area contributed by atoms with Crippen LogP contribution in [0.1, 0.15) is 17.4 Å². The summed E-state index contributed by atoms with van der Waals surface area (Å²) in [5.41, 5.74) is 1.26. The van der Waals surface area contributed by atoms with Crippen LogP contribution in [0.2, 0.25) is 5.02 Å². The van der Waals surface area contributed by atoms with E-state index in [0.717, 1.165) is 15.4 Å². The molecule has 2 nitrogen and oxygen atoms in total. The molecule has 2 aromatic carbocycles. The van der Waals surface area contributed by atoms with Crippen molar-refractivity contribution in [2.24, 2.45) is 0 Å². The number of furan rings is 1. The Hall–Kier alpha value is -1.36. The van der Waals surface area contributed by atoms with Crippen LogP contribution in [0.25, 0.3) is 11.0 Å². The van der Waals surface area contributed by atoms with E-state index in [1.165, 1.54) is 6.07 Å². The Bertz CT molecular complexity index is 802. The van der Waals surface area contributed by atoms with Crippen molar-refractivity contribution in [3.63, 3.8) is 0 Å². The second-order valence-electron chi connectivity index (χ2n) is 4.70. The Labute approximate surface area is 135 Å². The van der Waals surface area contributed by atoms with Crippen molar-refractivity contribution in [2.45, 2.75) is 6.04 Å². The lowest BCUT2D eigenvalue weighted by Crippen LogP contribution is -2.16. The summed E-state index contributed by atoms with van der Waals surface area (Å²) in [5, 5.41) is 4.57. The SMILES string of the molecule is CNC(c1ccc(Cl)c(Br)c1)c1cc2cccc(F)c2o1. The Balaban J connectivity index is 2.09. The van der Waals surface area contributed by atoms with Crippen molar-refractivity contribution >= 4 is 38.5 Å². The molecular weight excluding hydrogens is 357 g/mol. The number of rotatable bonds is 3. The highest BCUT2D eigenvalue weighted by Gasteiger charge is 2.18. The molecule has 1 unspecified atom stereocenters. The van der Waals surface area contributed by atoms with Crippen molar-refractivity contribution in [2.75, 3.05) is 7.05 Å². The fourth-order valence-corrected chi connectivity index (χ4v) is 2.87. The van der Waals surface area contributed by atoms with Crippen LogP contribution in [0, 0.1) is 5.82 Å². The predicted molar refractivity (Wildman–Crippen MR) is 86.2 cm³/mol. The Morgan fingerprint density at radius 3 is 2.71 bits per heavy atom. The molecule has 1 N–H and O–H groups in total. The molecule has 0 spiro atoms. The fourth-order valence-electron chi connectivity index (χ4n) is 2.35. The summed E-state index contributed by atoms with van der Waals surface area (Å²) in [5.74, 6) is 0.303. The average Bonchev–Trinajstić information content (AvgIpc) is 2.89. The van der Waals surface area contributed by atoms with Gasteiger partial charge in [0, 0.05) is 9.86 Å². The molecule has 1 heterocycles. The average molecular weight is 369 g/mol. The molecule has 0 aliphatic rings. The Morgan fingerprint density at radius 1 is 1.24 bits per heavy atom. The van der Waals surface area contributed by atoms with E-state index in [-0.39, 0.29) is 17.4 Å². The van der Waals surface area contributed by atoms with Crippen molar-refractivity contribution < 1.29 is 8.81 Å². The van der Waals surface area contributed by atoms with Crippen LogP contribution >= 0.6 is 27.5 Å². The maximum atomic E-state index is 13.7. The zero-order chi connectivity index (χ0) is 15.0. The first kappa shape index (κ1) is 14.6. The highest BCUT2D eigenvalue weighted by atomic mass is 79.9. The largest absolute Gasteiger partial charge is 0.456 e. The van der Waals surface area contributed by atoms with Gasteiger partial charge in [-0.1, -0.05) is 29.8 Å². The lowest BCUT2D eigenvalue weighted by molar-refractivity contribution is 0.476. The molecule has 3 aromatic rings. The summed E-state index contributed by atoms with van der Waals surface area (Å²) >= 11 is 9.43. The molecule has 1 aromatic heterocycles. The smallest absolute Gasteiger partial charge is 0.169 e. The zero-order valence-electron chi connectivity index (χ0n) is 11.2. The van der Waals surface area contributed by atoms with E-state index in [2.05, 4.69) is 21.2 Å². The second-order valence-corrected chi connectivity index (χ2v) is 5.96. The molecule has 21 heavy (non-hydrogen) atoms. The number of hydrogen-bond donors (Lipinski definition) is 1. The molecule has 5 heteroatoms. The minimum Gasteiger partial charge on any atom is -0.456 e. The molecule has 0 bridgehead atoms. The third-order valence-corrected chi connectivity index (χ3v) is 4.58. The maximum absolute atomic E-state index is 13.7. The van der Waals surface area contributed by atoms with Gasteiger partial charge in [-0.3, -0.25) is 0 Å². The quantitative estimate of drug-likeness (QED) is 0.679. The Kier molecular flexibility index (Phi) is 4.02. The summed E-state index contributed by atoms with van der Waals surface area (Å²) in [7, 11) is 1.83. The lowest BCUT2D eigenvalue weighted by atomic mass is 10.0. The predicted octanol–water partition coefficient (Wildman–Crippen LogP) is 5.30. The number of halogens is 3. The monoisotopic (exact) mass is 367 g/mol. The third kappa shape index (κ3) is 2.71. The number of nitrogens with one attached hydrogen (secondary N) is 1. The first-order chi connectivity index (χ1) is 10.1. The molecule has 0 saturated heterocycles. The molecular formula is C16H12BrClFNO. The van der Waals surface area contributed by atoms with Gasteiger partial charge in [0.05, 0.1) is 11.1 Å². The number of hydrogen-bond acceptors (Lipinski definition) is 2. The zero-order valence-corrected chi connectivity index (χ0v) is 13.5. The second kappa shape index (κ2) is 5.79. The number of para-hydroxylation sites is 1. The summed E-state index contributed by atoms with van der Waals surface area (Å²) in [6.07, 6.45) is 0. The van der Waals surface area contributed by atoms with Gasteiger partial charge >= 0.3 is 0 Å². The summed E-state index contributed by atoms with van der Waals surface area (Å²) in [6.45, 7) is 0. The standard InChI is InChI=1S/C16H12BrClFNO/c1-20-15(9-5-6-12(18)11(17)7-9)14-8-10-3-2-4-13(19)16(10)21-14/h2-8,15,20H,1H3. The molecule has 0 radical (unpaired) electrons. The van der Waals surface area contributed by atoms with Gasteiger partial charge in [-0.05, 0) is 52.8 Å². The van der Waals surface area contributed by atoms with Gasteiger partial charge in [-0.2, -0.15) is 0 Å². The highest BCUT2D eigenvalue weighted by Crippen LogP contribution is 2.32. The van der Waals surface area contributed by atoms with Gasteiger partial charge in [0.25, 0.3) is 0 Å². The third-order valence-electron chi connectivity index (χ3n) is 3.37. The van der Waals surface area contributed by atoms with E-state index in [1.807, 2.05) is 37.4 Å². The van der Waals surface area contributed by atoms with E-state index >= 15 is 0 Å². The van der Waals surface area contributed by atoms with Crippen LogP contribution in [0.15, 0.2) is 51.4 Å². The van der Waals surface area contributed by atoms with Crippen molar-refractivity contribution in [3.8, 4) is 0 Å². The maximum Gasteiger partial charge on any atom is 0.169 e. The van der Waals surface area contributed by atoms with E-state index in [0.29, 0.717) is 10.8 Å². The highest BCUT2D eigenvalue weighted by molar-refractivity contribution is 9.10. The van der Waals surface area contributed by atoms with E-state index in [9.17, 15) is 4.39 Å². The minimum atomic E-state index is -0.356. The van der Waals surface area contributed by atoms with Gasteiger partial charge in [-0.25, -0.2) is 4.39 Å². The molecule has 0 aliphatic carbocycles. The molecule has 0 saturated carbocycles. The summed E-state index contributed by atoms with van der Waals surface area (Å²) < 4.78 is 20.2. The van der Waals surface area contributed by atoms with Crippen LogP contribution in [-0.2, 0) is 0 Å². The summed E-state index contributed by atoms with van der Waals surface area (Å²) in [6, 6.07) is 12.2. The number of fused-ring (bicyclic) bond motifs is 1. The first-order valence-corrected chi connectivity index (χ1v) is 7.57. The van der Waals surface area contributed by atoms with Crippen LogP contribution in [0.5, 0.6) is 0 Å². The van der Waals surface area contributed by atoms with Crippen molar-refractivity contribution in [1.82, 2.24) is 5.32 Å². The van der Waals surface area contributed by atoms with E-state index in [4.69, 9.17) is 16.0 Å². The molecule has 0 fully saturated rings. The molecule has 108 valence electrons. The molecule has 0 amide bonds. The molecule has 3 rings (SSSR count). The van der Waals surface area contributed by atoms with Gasteiger partial charge in [-0.15, -0.1) is 0 Å². The van der Waals surface area contributed by atoms with Crippen molar-refractivity contribution in [3.05, 3.63) is 69.1 Å². The number of benzene rings is 2. The van der Waals surface area contributed by atoms with Crippen LogP contribution in [0.3, 0.4) is 0 Å². The first-order valence-electron chi connectivity index (χ1n) is 6.40. The topological polar surface area (TPSA) is 25.2 Å². The fraction of sp³-hybridized carbons (Fsp3) is 0.125. The van der Waals surface area contributed by atoms with Crippen LogP contribution < -0.4 is 5.32 Å².